The highest BCUT2D eigenvalue weighted by molar-refractivity contribution is 5.96. The summed E-state index contributed by atoms with van der Waals surface area (Å²) in [6, 6.07) is 7.42. The van der Waals surface area contributed by atoms with E-state index in [1.807, 2.05) is 19.3 Å². The van der Waals surface area contributed by atoms with E-state index in [9.17, 15) is 9.65 Å². The second-order valence-corrected chi connectivity index (χ2v) is 9.17. The standard InChI is InChI=1S/C25H23FN6/c1-29-20-6-16(26)5-18-17(20)7-21-23(18)24(32-3-2-25(13-32)8-22(25)28)19(12-31-21)15-4-14(9-27)10-30-11-15/h4-6,10-12,22,29H,2-3,7-8,13,28H2,1H3/t22-,25?/m1/s1. The SMILES string of the molecule is CNc1cc(F)cc2c1Cc1ncc(-c3cncc(C#N)c3)c(N3CCC4(C[C@H]4N)C3)c1-2. The predicted molar refractivity (Wildman–Crippen MR) is 122 cm³/mol. The summed E-state index contributed by atoms with van der Waals surface area (Å²) < 4.78 is 14.6. The number of hydrogen-bond donors (Lipinski definition) is 2. The van der Waals surface area contributed by atoms with Crippen LogP contribution in [0.4, 0.5) is 15.8 Å². The fourth-order valence-corrected chi connectivity index (χ4v) is 5.52. The number of nitriles is 1. The second-order valence-electron chi connectivity index (χ2n) is 9.17. The van der Waals surface area contributed by atoms with Gasteiger partial charge in [-0.1, -0.05) is 0 Å². The van der Waals surface area contributed by atoms with Crippen LogP contribution < -0.4 is 16.0 Å². The first-order chi connectivity index (χ1) is 15.5. The van der Waals surface area contributed by atoms with Gasteiger partial charge in [0.25, 0.3) is 0 Å². The van der Waals surface area contributed by atoms with Crippen LogP contribution in [0.1, 0.15) is 29.7 Å². The minimum Gasteiger partial charge on any atom is -0.388 e. The molecule has 7 heteroatoms. The molecule has 3 aliphatic rings. The van der Waals surface area contributed by atoms with Gasteiger partial charge in [0.2, 0.25) is 0 Å². The lowest BCUT2D eigenvalue weighted by Crippen LogP contribution is -2.24. The van der Waals surface area contributed by atoms with Gasteiger partial charge in [-0.05, 0) is 42.2 Å². The van der Waals surface area contributed by atoms with Crippen molar-refractivity contribution in [2.45, 2.75) is 25.3 Å². The molecule has 160 valence electrons. The molecule has 3 N–H and O–H groups in total. The Hall–Kier alpha value is -3.50. The van der Waals surface area contributed by atoms with E-state index in [4.69, 9.17) is 10.7 Å². The zero-order chi connectivity index (χ0) is 22.0. The molecule has 1 saturated carbocycles. The van der Waals surface area contributed by atoms with Crippen molar-refractivity contribution in [2.75, 3.05) is 30.4 Å². The van der Waals surface area contributed by atoms with Gasteiger partial charge in [0.05, 0.1) is 16.9 Å². The summed E-state index contributed by atoms with van der Waals surface area (Å²) in [5.74, 6) is -0.271. The van der Waals surface area contributed by atoms with Crippen LogP contribution in [0.5, 0.6) is 0 Å². The highest BCUT2D eigenvalue weighted by Gasteiger charge is 2.56. The van der Waals surface area contributed by atoms with E-state index in [0.29, 0.717) is 12.0 Å². The molecule has 6 nitrogen and oxygen atoms in total. The highest BCUT2D eigenvalue weighted by atomic mass is 19.1. The molecule has 1 aliphatic heterocycles. The smallest absolute Gasteiger partial charge is 0.125 e. The molecule has 1 aromatic carbocycles. The third-order valence-electron chi connectivity index (χ3n) is 7.36. The fraction of sp³-hybridized carbons (Fsp3) is 0.320. The summed E-state index contributed by atoms with van der Waals surface area (Å²) in [6.45, 7) is 1.78. The lowest BCUT2D eigenvalue weighted by Gasteiger charge is -2.26. The molecule has 3 heterocycles. The van der Waals surface area contributed by atoms with Crippen molar-refractivity contribution < 1.29 is 4.39 Å². The van der Waals surface area contributed by atoms with Crippen LogP contribution >= 0.6 is 0 Å². The zero-order valence-corrected chi connectivity index (χ0v) is 17.8. The summed E-state index contributed by atoms with van der Waals surface area (Å²) in [5, 5.41) is 12.5. The van der Waals surface area contributed by atoms with E-state index in [-0.39, 0.29) is 17.3 Å². The van der Waals surface area contributed by atoms with Gasteiger partial charge >= 0.3 is 0 Å². The maximum Gasteiger partial charge on any atom is 0.125 e. The first kappa shape index (κ1) is 19.2. The number of rotatable bonds is 3. The molecule has 3 aromatic rings. The number of nitrogens with zero attached hydrogens (tertiary/aromatic N) is 4. The summed E-state index contributed by atoms with van der Waals surface area (Å²) in [7, 11) is 1.82. The van der Waals surface area contributed by atoms with Crippen molar-refractivity contribution in [1.29, 1.82) is 5.26 Å². The average Bonchev–Trinajstić information content (AvgIpc) is 3.13. The molecule has 1 spiro atoms. The molecule has 1 saturated heterocycles. The highest BCUT2D eigenvalue weighted by Crippen LogP contribution is 2.56. The van der Waals surface area contributed by atoms with Crippen molar-refractivity contribution in [3.63, 3.8) is 0 Å². The van der Waals surface area contributed by atoms with Gasteiger partial charge in [-0.2, -0.15) is 5.26 Å². The molecular weight excluding hydrogens is 403 g/mol. The molecule has 0 amide bonds. The molecule has 1 unspecified atom stereocenters. The Labute approximate surface area is 185 Å². The number of anilines is 2. The Morgan fingerprint density at radius 3 is 2.81 bits per heavy atom. The third kappa shape index (κ3) is 2.73. The van der Waals surface area contributed by atoms with Crippen LogP contribution in [0.15, 0.2) is 36.8 Å². The number of hydrogen-bond acceptors (Lipinski definition) is 6. The van der Waals surface area contributed by atoms with Crippen LogP contribution in [0.2, 0.25) is 0 Å². The first-order valence-electron chi connectivity index (χ1n) is 10.9. The maximum absolute atomic E-state index is 14.6. The van der Waals surface area contributed by atoms with Gasteiger partial charge < -0.3 is 16.0 Å². The van der Waals surface area contributed by atoms with Gasteiger partial charge in [-0.15, -0.1) is 0 Å². The third-order valence-corrected chi connectivity index (χ3v) is 7.36. The van der Waals surface area contributed by atoms with Crippen LogP contribution in [-0.4, -0.2) is 36.1 Å². The number of benzene rings is 1. The van der Waals surface area contributed by atoms with E-state index in [2.05, 4.69) is 21.3 Å². The molecule has 0 radical (unpaired) electrons. The predicted octanol–water partition coefficient (Wildman–Crippen LogP) is 3.69. The van der Waals surface area contributed by atoms with Gasteiger partial charge in [-0.3, -0.25) is 9.97 Å². The number of fused-ring (bicyclic) bond motifs is 3. The van der Waals surface area contributed by atoms with Crippen molar-refractivity contribution >= 4 is 11.4 Å². The number of nitrogens with one attached hydrogen (secondary N) is 1. The van der Waals surface area contributed by atoms with Gasteiger partial charge in [0.15, 0.2) is 0 Å². The quantitative estimate of drug-likeness (QED) is 0.519. The minimum absolute atomic E-state index is 0.180. The van der Waals surface area contributed by atoms with Crippen LogP contribution in [0.25, 0.3) is 22.3 Å². The van der Waals surface area contributed by atoms with E-state index in [1.165, 1.54) is 0 Å². The van der Waals surface area contributed by atoms with Crippen molar-refractivity contribution in [3.05, 3.63) is 59.4 Å². The molecule has 2 aliphatic carbocycles. The Morgan fingerprint density at radius 1 is 1.25 bits per heavy atom. The monoisotopic (exact) mass is 426 g/mol. The van der Waals surface area contributed by atoms with Crippen LogP contribution in [-0.2, 0) is 6.42 Å². The summed E-state index contributed by atoms with van der Waals surface area (Å²) in [4.78, 5) is 11.5. The lowest BCUT2D eigenvalue weighted by molar-refractivity contribution is 0.553. The number of aromatic nitrogens is 2. The normalized spacial score (nSPS) is 22.6. The Morgan fingerprint density at radius 2 is 2.09 bits per heavy atom. The molecule has 2 atom stereocenters. The van der Waals surface area contributed by atoms with Crippen molar-refractivity contribution in [1.82, 2.24) is 9.97 Å². The summed E-state index contributed by atoms with van der Waals surface area (Å²) in [5.41, 5.74) is 14.5. The molecule has 2 aromatic heterocycles. The summed E-state index contributed by atoms with van der Waals surface area (Å²) >= 11 is 0. The Bertz CT molecular complexity index is 1310. The van der Waals surface area contributed by atoms with E-state index >= 15 is 0 Å². The molecule has 6 rings (SSSR count). The maximum atomic E-state index is 14.6. The molecular formula is C25H23FN6. The minimum atomic E-state index is -0.271. The van der Waals surface area contributed by atoms with Crippen LogP contribution in [0.3, 0.4) is 0 Å². The average molecular weight is 426 g/mol. The van der Waals surface area contributed by atoms with E-state index in [1.54, 1.807) is 24.5 Å². The van der Waals surface area contributed by atoms with Crippen molar-refractivity contribution in [3.8, 4) is 28.3 Å². The molecule has 0 bridgehead atoms. The molecule has 32 heavy (non-hydrogen) atoms. The zero-order valence-electron chi connectivity index (χ0n) is 17.8. The van der Waals surface area contributed by atoms with Gasteiger partial charge in [-0.25, -0.2) is 4.39 Å². The number of pyridine rings is 2. The number of nitrogens with two attached hydrogens (primary N) is 1. The fourth-order valence-electron chi connectivity index (χ4n) is 5.52. The largest absolute Gasteiger partial charge is 0.388 e. The summed E-state index contributed by atoms with van der Waals surface area (Å²) in [6.07, 6.45) is 7.96. The Kier molecular flexibility index (Phi) is 4.05. The topological polar surface area (TPSA) is 90.9 Å². The lowest BCUT2D eigenvalue weighted by atomic mass is 9.97. The Balaban J connectivity index is 1.59. The first-order valence-corrected chi connectivity index (χ1v) is 10.9. The molecule has 2 fully saturated rings. The van der Waals surface area contributed by atoms with Gasteiger partial charge in [0.1, 0.15) is 11.9 Å². The van der Waals surface area contributed by atoms with E-state index < -0.39 is 0 Å². The number of halogens is 1. The van der Waals surface area contributed by atoms with Crippen LogP contribution in [0, 0.1) is 22.6 Å². The van der Waals surface area contributed by atoms with Gasteiger partial charge in [0, 0.05) is 79.0 Å². The van der Waals surface area contributed by atoms with Crippen molar-refractivity contribution in [2.24, 2.45) is 11.1 Å². The second kappa shape index (κ2) is 6.75. The van der Waals surface area contributed by atoms with E-state index in [0.717, 1.165) is 70.8 Å².